The molecule has 1 aromatic carbocycles. The van der Waals surface area contributed by atoms with E-state index in [-0.39, 0.29) is 0 Å². The Morgan fingerprint density at radius 1 is 1.20 bits per heavy atom. The lowest BCUT2D eigenvalue weighted by molar-refractivity contribution is 0.0873. The van der Waals surface area contributed by atoms with E-state index in [0.717, 1.165) is 18.0 Å². The van der Waals surface area contributed by atoms with E-state index in [1.54, 1.807) is 7.11 Å². The number of benzene rings is 1. The first kappa shape index (κ1) is 15.2. The van der Waals surface area contributed by atoms with Gasteiger partial charge in [-0.1, -0.05) is 19.4 Å². The maximum absolute atomic E-state index is 6.27. The molecule has 1 aliphatic carbocycles. The predicted octanol–water partition coefficient (Wildman–Crippen LogP) is 3.76. The Balaban J connectivity index is 2.11. The van der Waals surface area contributed by atoms with Crippen molar-refractivity contribution in [1.29, 1.82) is 0 Å². The van der Waals surface area contributed by atoms with Gasteiger partial charge in [-0.25, -0.2) is 0 Å². The van der Waals surface area contributed by atoms with Crippen molar-refractivity contribution in [1.82, 2.24) is 5.32 Å². The molecule has 0 spiro atoms. The zero-order valence-corrected chi connectivity index (χ0v) is 12.9. The van der Waals surface area contributed by atoms with Crippen molar-refractivity contribution in [3.05, 3.63) is 23.8 Å². The fourth-order valence-corrected chi connectivity index (χ4v) is 3.08. The van der Waals surface area contributed by atoms with Gasteiger partial charge in [0.15, 0.2) is 11.5 Å². The van der Waals surface area contributed by atoms with Crippen molar-refractivity contribution in [3.8, 4) is 11.5 Å². The van der Waals surface area contributed by atoms with Gasteiger partial charge in [0, 0.05) is 6.54 Å². The van der Waals surface area contributed by atoms with Crippen molar-refractivity contribution in [2.75, 3.05) is 14.2 Å². The molecule has 1 N–H and O–H groups in total. The van der Waals surface area contributed by atoms with Crippen LogP contribution in [-0.2, 0) is 6.54 Å². The van der Waals surface area contributed by atoms with Crippen LogP contribution in [0.5, 0.6) is 11.5 Å². The molecule has 3 heteroatoms. The smallest absolute Gasteiger partial charge is 0.161 e. The molecule has 1 aromatic rings. The Hall–Kier alpha value is -1.22. The first-order valence-electron chi connectivity index (χ1n) is 7.76. The van der Waals surface area contributed by atoms with E-state index in [9.17, 15) is 0 Å². The van der Waals surface area contributed by atoms with E-state index in [0.29, 0.717) is 12.0 Å². The molecule has 1 saturated carbocycles. The van der Waals surface area contributed by atoms with Crippen molar-refractivity contribution < 1.29 is 9.47 Å². The summed E-state index contributed by atoms with van der Waals surface area (Å²) in [7, 11) is 3.66. The lowest BCUT2D eigenvalue weighted by Crippen LogP contribution is -2.30. The van der Waals surface area contributed by atoms with Gasteiger partial charge in [0.25, 0.3) is 0 Å². The molecule has 0 amide bonds. The highest BCUT2D eigenvalue weighted by Crippen LogP contribution is 2.35. The van der Waals surface area contributed by atoms with Gasteiger partial charge in [-0.15, -0.1) is 0 Å². The number of rotatable bonds is 6. The van der Waals surface area contributed by atoms with E-state index >= 15 is 0 Å². The molecule has 3 nitrogen and oxygen atoms in total. The molecule has 2 unspecified atom stereocenters. The Kier molecular flexibility index (Phi) is 5.72. The van der Waals surface area contributed by atoms with E-state index in [4.69, 9.17) is 9.47 Å². The fraction of sp³-hybridized carbons (Fsp3) is 0.647. The van der Waals surface area contributed by atoms with Crippen LogP contribution in [0, 0.1) is 5.92 Å². The first-order chi connectivity index (χ1) is 9.78. The highest BCUT2D eigenvalue weighted by atomic mass is 16.5. The number of hydrogen-bond acceptors (Lipinski definition) is 3. The molecule has 0 aromatic heterocycles. The van der Waals surface area contributed by atoms with Crippen LogP contribution in [0.25, 0.3) is 0 Å². The maximum atomic E-state index is 6.27. The van der Waals surface area contributed by atoms with Crippen molar-refractivity contribution in [3.63, 3.8) is 0 Å². The quantitative estimate of drug-likeness (QED) is 0.858. The minimum atomic E-state index is 0.345. The molecule has 2 atom stereocenters. The van der Waals surface area contributed by atoms with E-state index < -0.39 is 0 Å². The third kappa shape index (κ3) is 3.66. The fourth-order valence-electron chi connectivity index (χ4n) is 3.08. The molecule has 20 heavy (non-hydrogen) atoms. The molecule has 1 fully saturated rings. The van der Waals surface area contributed by atoms with Crippen LogP contribution in [-0.4, -0.2) is 20.3 Å². The molecule has 0 heterocycles. The number of methoxy groups -OCH3 is 1. The summed E-state index contributed by atoms with van der Waals surface area (Å²) in [5.41, 5.74) is 1.22. The van der Waals surface area contributed by atoms with E-state index in [1.165, 1.54) is 37.7 Å². The summed E-state index contributed by atoms with van der Waals surface area (Å²) < 4.78 is 11.8. The third-order valence-corrected chi connectivity index (χ3v) is 4.25. The van der Waals surface area contributed by atoms with Crippen LogP contribution in [0.1, 0.15) is 44.6 Å². The van der Waals surface area contributed by atoms with Crippen LogP contribution >= 0.6 is 0 Å². The van der Waals surface area contributed by atoms with E-state index in [2.05, 4.69) is 24.4 Å². The molecular formula is C17H27NO2. The van der Waals surface area contributed by atoms with Crippen LogP contribution in [0.3, 0.4) is 0 Å². The van der Waals surface area contributed by atoms with Crippen molar-refractivity contribution in [2.24, 2.45) is 5.92 Å². The van der Waals surface area contributed by atoms with Gasteiger partial charge in [-0.3, -0.25) is 0 Å². The zero-order chi connectivity index (χ0) is 14.4. The number of nitrogens with one attached hydrogen (secondary N) is 1. The summed E-state index contributed by atoms with van der Waals surface area (Å²) in [6, 6.07) is 6.22. The summed E-state index contributed by atoms with van der Waals surface area (Å²) in [5.74, 6) is 2.42. The second-order valence-corrected chi connectivity index (χ2v) is 5.62. The largest absolute Gasteiger partial charge is 0.493 e. The molecule has 0 saturated heterocycles. The summed E-state index contributed by atoms with van der Waals surface area (Å²) in [6.07, 6.45) is 6.63. The van der Waals surface area contributed by atoms with Gasteiger partial charge in [-0.05, 0) is 56.3 Å². The standard InChI is InChI=1S/C17H27NO2/c1-4-14-7-5-6-8-15(14)20-16-10-9-13(12-18-2)11-17(16)19-3/h9-11,14-15,18H,4-8,12H2,1-3H3. The lowest BCUT2D eigenvalue weighted by Gasteiger charge is -2.31. The molecule has 1 aliphatic rings. The Labute approximate surface area is 122 Å². The van der Waals surface area contributed by atoms with Gasteiger partial charge >= 0.3 is 0 Å². The second-order valence-electron chi connectivity index (χ2n) is 5.62. The van der Waals surface area contributed by atoms with Crippen molar-refractivity contribution in [2.45, 2.75) is 51.7 Å². The van der Waals surface area contributed by atoms with Gasteiger partial charge in [-0.2, -0.15) is 0 Å². The highest BCUT2D eigenvalue weighted by Gasteiger charge is 2.26. The predicted molar refractivity (Wildman–Crippen MR) is 82.4 cm³/mol. The van der Waals surface area contributed by atoms with Crippen molar-refractivity contribution >= 4 is 0 Å². The molecule has 2 rings (SSSR count). The minimum Gasteiger partial charge on any atom is -0.493 e. The van der Waals surface area contributed by atoms with Gasteiger partial charge in [0.05, 0.1) is 7.11 Å². The van der Waals surface area contributed by atoms with Crippen LogP contribution in [0.15, 0.2) is 18.2 Å². The minimum absolute atomic E-state index is 0.345. The maximum Gasteiger partial charge on any atom is 0.161 e. The summed E-state index contributed by atoms with van der Waals surface area (Å²) in [6.45, 7) is 3.11. The molecule has 112 valence electrons. The molecular weight excluding hydrogens is 250 g/mol. The average Bonchev–Trinajstić information content (AvgIpc) is 2.49. The van der Waals surface area contributed by atoms with Gasteiger partial charge in [0.2, 0.25) is 0 Å². The van der Waals surface area contributed by atoms with Gasteiger partial charge in [0.1, 0.15) is 6.10 Å². The summed E-state index contributed by atoms with van der Waals surface area (Å²) in [4.78, 5) is 0. The van der Waals surface area contributed by atoms with E-state index in [1.807, 2.05) is 13.1 Å². The molecule has 0 bridgehead atoms. The molecule has 0 aliphatic heterocycles. The van der Waals surface area contributed by atoms with Crippen LogP contribution < -0.4 is 14.8 Å². The van der Waals surface area contributed by atoms with Crippen LogP contribution in [0.2, 0.25) is 0 Å². The monoisotopic (exact) mass is 277 g/mol. The van der Waals surface area contributed by atoms with Gasteiger partial charge < -0.3 is 14.8 Å². The lowest BCUT2D eigenvalue weighted by atomic mass is 9.85. The normalized spacial score (nSPS) is 22.6. The summed E-state index contributed by atoms with van der Waals surface area (Å²) in [5, 5.41) is 3.16. The number of ether oxygens (including phenoxy) is 2. The zero-order valence-electron chi connectivity index (χ0n) is 12.9. The number of hydrogen-bond donors (Lipinski definition) is 1. The summed E-state index contributed by atoms with van der Waals surface area (Å²) >= 11 is 0. The topological polar surface area (TPSA) is 30.5 Å². The molecule has 0 radical (unpaired) electrons. The first-order valence-corrected chi connectivity index (χ1v) is 7.76. The SMILES string of the molecule is CCC1CCCCC1Oc1ccc(CNC)cc1OC. The highest BCUT2D eigenvalue weighted by molar-refractivity contribution is 5.43. The second kappa shape index (κ2) is 7.53. The average molecular weight is 277 g/mol. The Morgan fingerprint density at radius 2 is 2.00 bits per heavy atom. The third-order valence-electron chi connectivity index (χ3n) is 4.25. The Morgan fingerprint density at radius 3 is 2.70 bits per heavy atom. The van der Waals surface area contributed by atoms with Crippen LogP contribution in [0.4, 0.5) is 0 Å². The Bertz CT molecular complexity index is 419.